The van der Waals surface area contributed by atoms with Crippen molar-refractivity contribution in [1.29, 1.82) is 0 Å². The van der Waals surface area contributed by atoms with E-state index < -0.39 is 0 Å². The highest BCUT2D eigenvalue weighted by Crippen LogP contribution is 2.16. The van der Waals surface area contributed by atoms with E-state index in [1.54, 1.807) is 0 Å². The Bertz CT molecular complexity index is 218. The van der Waals surface area contributed by atoms with E-state index in [4.69, 9.17) is 0 Å². The van der Waals surface area contributed by atoms with Gasteiger partial charge < -0.3 is 5.32 Å². The van der Waals surface area contributed by atoms with Crippen molar-refractivity contribution in [2.45, 2.75) is 32.7 Å². The second-order valence-electron chi connectivity index (χ2n) is 3.67. The molecule has 0 spiro atoms. The van der Waals surface area contributed by atoms with E-state index in [0.717, 1.165) is 5.92 Å². The Balaban J connectivity index is 2.26. The number of thiophene rings is 1. The first-order chi connectivity index (χ1) is 6.24. The van der Waals surface area contributed by atoms with Gasteiger partial charge in [0, 0.05) is 10.9 Å². The van der Waals surface area contributed by atoms with E-state index in [-0.39, 0.29) is 0 Å². The lowest BCUT2D eigenvalue weighted by molar-refractivity contribution is 0.402. The first kappa shape index (κ1) is 10.7. The normalized spacial score (nSPS) is 15.6. The van der Waals surface area contributed by atoms with E-state index in [1.807, 2.05) is 18.4 Å². The second-order valence-corrected chi connectivity index (χ2v) is 4.70. The van der Waals surface area contributed by atoms with Crippen molar-refractivity contribution in [2.75, 3.05) is 7.05 Å². The monoisotopic (exact) mass is 197 g/mol. The van der Waals surface area contributed by atoms with Crippen molar-refractivity contribution in [2.24, 2.45) is 5.92 Å². The SMILES string of the molecule is CNC(C)C(C)CCc1cccs1. The molecule has 0 aliphatic heterocycles. The quantitative estimate of drug-likeness (QED) is 0.765. The van der Waals surface area contributed by atoms with Gasteiger partial charge in [-0.15, -0.1) is 11.3 Å². The molecule has 74 valence electrons. The lowest BCUT2D eigenvalue weighted by Crippen LogP contribution is -2.28. The van der Waals surface area contributed by atoms with Crippen LogP contribution in [0.5, 0.6) is 0 Å². The molecule has 0 saturated heterocycles. The molecule has 0 bridgehead atoms. The summed E-state index contributed by atoms with van der Waals surface area (Å²) in [5.74, 6) is 0.757. The smallest absolute Gasteiger partial charge is 0.00614 e. The van der Waals surface area contributed by atoms with Gasteiger partial charge in [0.25, 0.3) is 0 Å². The maximum Gasteiger partial charge on any atom is 0.00614 e. The molecule has 2 atom stereocenters. The predicted octanol–water partition coefficient (Wildman–Crippen LogP) is 2.92. The van der Waals surface area contributed by atoms with Gasteiger partial charge in [-0.2, -0.15) is 0 Å². The molecule has 1 N–H and O–H groups in total. The predicted molar refractivity (Wildman–Crippen MR) is 60.3 cm³/mol. The zero-order valence-corrected chi connectivity index (χ0v) is 9.53. The fourth-order valence-electron chi connectivity index (χ4n) is 1.36. The standard InChI is InChI=1S/C11H19NS/c1-9(10(2)12-3)6-7-11-5-4-8-13-11/h4-5,8-10,12H,6-7H2,1-3H3. The van der Waals surface area contributed by atoms with Crippen LogP contribution in [0.4, 0.5) is 0 Å². The Labute approximate surface area is 85.2 Å². The highest BCUT2D eigenvalue weighted by molar-refractivity contribution is 7.09. The third-order valence-corrected chi connectivity index (χ3v) is 3.67. The van der Waals surface area contributed by atoms with Crippen LogP contribution < -0.4 is 5.32 Å². The molecule has 0 aliphatic carbocycles. The summed E-state index contributed by atoms with van der Waals surface area (Å²) in [7, 11) is 2.03. The van der Waals surface area contributed by atoms with E-state index in [2.05, 4.69) is 36.7 Å². The minimum atomic E-state index is 0.625. The van der Waals surface area contributed by atoms with Gasteiger partial charge in [0.05, 0.1) is 0 Å². The summed E-state index contributed by atoms with van der Waals surface area (Å²) in [6, 6.07) is 4.98. The molecular weight excluding hydrogens is 178 g/mol. The van der Waals surface area contributed by atoms with Gasteiger partial charge in [0.2, 0.25) is 0 Å². The molecule has 0 radical (unpaired) electrons. The third kappa shape index (κ3) is 3.49. The highest BCUT2D eigenvalue weighted by atomic mass is 32.1. The second kappa shape index (κ2) is 5.40. The van der Waals surface area contributed by atoms with Crippen molar-refractivity contribution >= 4 is 11.3 Å². The highest BCUT2D eigenvalue weighted by Gasteiger charge is 2.09. The first-order valence-electron chi connectivity index (χ1n) is 4.93. The van der Waals surface area contributed by atoms with Crippen LogP contribution in [0.3, 0.4) is 0 Å². The van der Waals surface area contributed by atoms with E-state index in [1.165, 1.54) is 17.7 Å². The molecule has 2 unspecified atom stereocenters. The largest absolute Gasteiger partial charge is 0.317 e. The molecule has 2 heteroatoms. The summed E-state index contributed by atoms with van der Waals surface area (Å²) in [5, 5.41) is 5.45. The zero-order chi connectivity index (χ0) is 9.68. The molecule has 0 saturated carbocycles. The van der Waals surface area contributed by atoms with E-state index in [9.17, 15) is 0 Å². The number of rotatable bonds is 5. The summed E-state index contributed by atoms with van der Waals surface area (Å²) in [5.41, 5.74) is 0. The van der Waals surface area contributed by atoms with Crippen LogP contribution in [-0.4, -0.2) is 13.1 Å². The van der Waals surface area contributed by atoms with Crippen LogP contribution in [0.1, 0.15) is 25.1 Å². The van der Waals surface area contributed by atoms with Crippen LogP contribution in [0.2, 0.25) is 0 Å². The molecule has 1 rings (SSSR count). The average molecular weight is 197 g/mol. The number of aryl methyl sites for hydroxylation is 1. The molecule has 0 amide bonds. The van der Waals surface area contributed by atoms with Crippen molar-refractivity contribution in [3.8, 4) is 0 Å². The Morgan fingerprint density at radius 3 is 2.77 bits per heavy atom. The van der Waals surface area contributed by atoms with Crippen LogP contribution in [0.15, 0.2) is 17.5 Å². The minimum Gasteiger partial charge on any atom is -0.317 e. The van der Waals surface area contributed by atoms with Crippen LogP contribution in [-0.2, 0) is 6.42 Å². The topological polar surface area (TPSA) is 12.0 Å². The summed E-state index contributed by atoms with van der Waals surface area (Å²) in [4.78, 5) is 1.51. The summed E-state index contributed by atoms with van der Waals surface area (Å²) < 4.78 is 0. The van der Waals surface area contributed by atoms with Crippen LogP contribution in [0, 0.1) is 5.92 Å². The molecule has 1 heterocycles. The third-order valence-electron chi connectivity index (χ3n) is 2.74. The number of nitrogens with one attached hydrogen (secondary N) is 1. The number of hydrogen-bond donors (Lipinski definition) is 1. The summed E-state index contributed by atoms with van der Waals surface area (Å²) in [6.45, 7) is 4.56. The van der Waals surface area contributed by atoms with Crippen molar-refractivity contribution in [3.05, 3.63) is 22.4 Å². The molecule has 0 aliphatic rings. The fourth-order valence-corrected chi connectivity index (χ4v) is 2.08. The molecule has 0 aromatic carbocycles. The summed E-state index contributed by atoms with van der Waals surface area (Å²) >= 11 is 1.86. The van der Waals surface area contributed by atoms with Gasteiger partial charge in [-0.25, -0.2) is 0 Å². The Hall–Kier alpha value is -0.340. The average Bonchev–Trinajstić information content (AvgIpc) is 2.65. The van der Waals surface area contributed by atoms with Crippen LogP contribution >= 0.6 is 11.3 Å². The molecular formula is C11H19NS. The Morgan fingerprint density at radius 2 is 2.23 bits per heavy atom. The van der Waals surface area contributed by atoms with Crippen molar-refractivity contribution in [3.63, 3.8) is 0 Å². The molecule has 1 aromatic rings. The lowest BCUT2D eigenvalue weighted by atomic mass is 9.98. The Morgan fingerprint density at radius 1 is 1.46 bits per heavy atom. The molecule has 13 heavy (non-hydrogen) atoms. The Kier molecular flexibility index (Phi) is 4.46. The van der Waals surface area contributed by atoms with Gasteiger partial charge in [-0.1, -0.05) is 13.0 Å². The maximum absolute atomic E-state index is 3.30. The van der Waals surface area contributed by atoms with Gasteiger partial charge in [0.15, 0.2) is 0 Å². The van der Waals surface area contributed by atoms with E-state index >= 15 is 0 Å². The minimum absolute atomic E-state index is 0.625. The van der Waals surface area contributed by atoms with E-state index in [0.29, 0.717) is 6.04 Å². The van der Waals surface area contributed by atoms with Crippen LogP contribution in [0.25, 0.3) is 0 Å². The first-order valence-corrected chi connectivity index (χ1v) is 5.81. The van der Waals surface area contributed by atoms with Gasteiger partial charge in [0.1, 0.15) is 0 Å². The maximum atomic E-state index is 3.30. The zero-order valence-electron chi connectivity index (χ0n) is 8.71. The van der Waals surface area contributed by atoms with Crippen molar-refractivity contribution in [1.82, 2.24) is 5.32 Å². The van der Waals surface area contributed by atoms with Gasteiger partial charge in [-0.3, -0.25) is 0 Å². The molecule has 0 fully saturated rings. The summed E-state index contributed by atoms with van der Waals surface area (Å²) in [6.07, 6.45) is 2.51. The molecule has 1 aromatic heterocycles. The van der Waals surface area contributed by atoms with Gasteiger partial charge >= 0.3 is 0 Å². The number of hydrogen-bond acceptors (Lipinski definition) is 2. The lowest BCUT2D eigenvalue weighted by Gasteiger charge is -2.18. The fraction of sp³-hybridized carbons (Fsp3) is 0.636. The molecule has 1 nitrogen and oxygen atoms in total. The van der Waals surface area contributed by atoms with Gasteiger partial charge in [-0.05, 0) is 44.2 Å². The van der Waals surface area contributed by atoms with Crippen molar-refractivity contribution < 1.29 is 0 Å².